The number of anilines is 1. The van der Waals surface area contributed by atoms with Gasteiger partial charge in [-0.3, -0.25) is 18.8 Å². The van der Waals surface area contributed by atoms with E-state index in [4.69, 9.17) is 9.47 Å². The summed E-state index contributed by atoms with van der Waals surface area (Å²) in [6.07, 6.45) is -1.23. The summed E-state index contributed by atoms with van der Waals surface area (Å²) in [5.41, 5.74) is -0.857. The van der Waals surface area contributed by atoms with Crippen LogP contribution in [-0.2, 0) is 0 Å². The van der Waals surface area contributed by atoms with Gasteiger partial charge in [0.2, 0.25) is 0 Å². The fourth-order valence-electron chi connectivity index (χ4n) is 4.74. The smallest absolute Gasteiger partial charge is 0.333 e. The third-order valence-electron chi connectivity index (χ3n) is 6.66. The number of hydrogen-bond acceptors (Lipinski definition) is 7. The van der Waals surface area contributed by atoms with Gasteiger partial charge < -0.3 is 19.5 Å². The molecule has 38 heavy (non-hydrogen) atoms. The summed E-state index contributed by atoms with van der Waals surface area (Å²) in [6, 6.07) is 8.75. The van der Waals surface area contributed by atoms with E-state index < -0.39 is 12.3 Å². The first-order valence-electron chi connectivity index (χ1n) is 13.7. The van der Waals surface area contributed by atoms with Crippen molar-refractivity contribution in [3.8, 4) is 11.5 Å². The van der Waals surface area contributed by atoms with E-state index in [-0.39, 0.29) is 34.9 Å². The maximum absolute atomic E-state index is 13.2. The first-order valence-corrected chi connectivity index (χ1v) is 13.7. The Bertz CT molecular complexity index is 1170. The molecule has 1 fully saturated rings. The molecular formula is C29H46N4O5. The monoisotopic (exact) mass is 530 g/mol. The van der Waals surface area contributed by atoms with Crippen LogP contribution < -0.4 is 25.6 Å². The summed E-state index contributed by atoms with van der Waals surface area (Å²) in [4.78, 5) is 30.2. The molecule has 1 saturated heterocycles. The van der Waals surface area contributed by atoms with E-state index in [1.165, 1.54) is 4.57 Å². The number of nitrogens with zero attached hydrogens (tertiary/aromatic N) is 4. The van der Waals surface area contributed by atoms with Crippen LogP contribution in [0.15, 0.2) is 39.9 Å². The third-order valence-corrected chi connectivity index (χ3v) is 6.66. The van der Waals surface area contributed by atoms with Crippen LogP contribution in [0.4, 0.5) is 5.82 Å². The summed E-state index contributed by atoms with van der Waals surface area (Å²) in [7, 11) is 0. The van der Waals surface area contributed by atoms with E-state index in [0.29, 0.717) is 37.7 Å². The minimum absolute atomic E-state index is 0.00345. The quantitative estimate of drug-likeness (QED) is 0.526. The average molecular weight is 531 g/mol. The second kappa shape index (κ2) is 11.9. The van der Waals surface area contributed by atoms with Crippen molar-refractivity contribution in [1.82, 2.24) is 14.0 Å². The van der Waals surface area contributed by atoms with Crippen LogP contribution in [0.1, 0.15) is 74.4 Å². The molecule has 0 bridgehead atoms. The molecule has 0 saturated carbocycles. The summed E-state index contributed by atoms with van der Waals surface area (Å²) in [5.74, 6) is 2.05. The molecule has 1 aromatic carbocycles. The Morgan fingerprint density at radius 3 is 1.82 bits per heavy atom. The van der Waals surface area contributed by atoms with E-state index in [1.807, 2.05) is 86.6 Å². The zero-order valence-electron chi connectivity index (χ0n) is 24.5. The summed E-state index contributed by atoms with van der Waals surface area (Å²) in [5, 5.41) is 11.1. The van der Waals surface area contributed by atoms with Crippen molar-refractivity contribution in [2.24, 2.45) is 5.92 Å². The van der Waals surface area contributed by atoms with Gasteiger partial charge in [0.15, 0.2) is 6.23 Å². The highest BCUT2D eigenvalue weighted by molar-refractivity contribution is 5.40. The largest absolute Gasteiger partial charge is 0.488 e. The molecule has 9 nitrogen and oxygen atoms in total. The maximum atomic E-state index is 13.2. The van der Waals surface area contributed by atoms with Crippen LogP contribution >= 0.6 is 0 Å². The van der Waals surface area contributed by atoms with Crippen molar-refractivity contribution in [2.75, 3.05) is 31.1 Å². The number of benzene rings is 1. The minimum Gasteiger partial charge on any atom is -0.488 e. The molecule has 1 aliphatic heterocycles. The standard InChI is InChI=1S/C29H46N4O5/c1-19(2)26(35)27(37-22-10-12-23(13-11-22)38-29(7,8)9)31-16-14-30(15-17-31)24-18-25(34)33(21(5)6)28(36)32(24)20(3)4/h10-13,18-21,26-27,35H,14-17H2,1-9H3. The van der Waals surface area contributed by atoms with Gasteiger partial charge in [-0.05, 0) is 78.6 Å². The number of piperazine rings is 1. The van der Waals surface area contributed by atoms with Crippen LogP contribution in [0.5, 0.6) is 11.5 Å². The Hall–Kier alpha value is -2.78. The molecule has 0 amide bonds. The van der Waals surface area contributed by atoms with Crippen molar-refractivity contribution in [1.29, 1.82) is 0 Å². The lowest BCUT2D eigenvalue weighted by Gasteiger charge is -2.42. The van der Waals surface area contributed by atoms with E-state index in [0.717, 1.165) is 5.75 Å². The molecule has 1 N–H and O–H groups in total. The van der Waals surface area contributed by atoms with Gasteiger partial charge in [0.1, 0.15) is 29.0 Å². The molecule has 0 spiro atoms. The number of aromatic nitrogens is 2. The first kappa shape index (κ1) is 29.8. The van der Waals surface area contributed by atoms with Crippen LogP contribution in [0.3, 0.4) is 0 Å². The average Bonchev–Trinajstić information content (AvgIpc) is 2.81. The highest BCUT2D eigenvalue weighted by atomic mass is 16.5. The Labute approximate surface area is 226 Å². The lowest BCUT2D eigenvalue weighted by Crippen LogP contribution is -2.57. The Morgan fingerprint density at radius 2 is 1.34 bits per heavy atom. The second-order valence-electron chi connectivity index (χ2n) is 12.0. The highest BCUT2D eigenvalue weighted by Crippen LogP contribution is 2.26. The summed E-state index contributed by atoms with van der Waals surface area (Å²) >= 11 is 0. The van der Waals surface area contributed by atoms with Crippen molar-refractivity contribution in [2.45, 2.75) is 92.3 Å². The fourth-order valence-corrected chi connectivity index (χ4v) is 4.74. The van der Waals surface area contributed by atoms with E-state index in [1.54, 1.807) is 10.6 Å². The van der Waals surface area contributed by atoms with Crippen molar-refractivity contribution < 1.29 is 14.6 Å². The fraction of sp³-hybridized carbons (Fsp3) is 0.655. The van der Waals surface area contributed by atoms with E-state index in [9.17, 15) is 14.7 Å². The van der Waals surface area contributed by atoms with E-state index >= 15 is 0 Å². The van der Waals surface area contributed by atoms with Crippen LogP contribution in [0.25, 0.3) is 0 Å². The lowest BCUT2D eigenvalue weighted by molar-refractivity contribution is -0.0852. The maximum Gasteiger partial charge on any atom is 0.333 e. The zero-order valence-corrected chi connectivity index (χ0v) is 24.5. The molecule has 0 aliphatic carbocycles. The zero-order chi connectivity index (χ0) is 28.4. The molecule has 0 radical (unpaired) electrons. The predicted molar refractivity (Wildman–Crippen MR) is 152 cm³/mol. The van der Waals surface area contributed by atoms with E-state index in [2.05, 4.69) is 9.80 Å². The van der Waals surface area contributed by atoms with Crippen LogP contribution in [0, 0.1) is 5.92 Å². The molecule has 1 aromatic heterocycles. The Morgan fingerprint density at radius 1 is 0.816 bits per heavy atom. The molecule has 212 valence electrons. The Balaban J connectivity index is 1.80. The number of rotatable bonds is 9. The lowest BCUT2D eigenvalue weighted by atomic mass is 10.0. The highest BCUT2D eigenvalue weighted by Gasteiger charge is 2.33. The van der Waals surface area contributed by atoms with Crippen molar-refractivity contribution in [3.63, 3.8) is 0 Å². The van der Waals surface area contributed by atoms with Gasteiger partial charge in [-0.2, -0.15) is 0 Å². The van der Waals surface area contributed by atoms with Gasteiger partial charge in [0.25, 0.3) is 5.56 Å². The SMILES string of the molecule is CC(C)C(O)C(Oc1ccc(OC(C)(C)C)cc1)N1CCN(c2cc(=O)n(C(C)C)c(=O)n2C(C)C)CC1. The molecule has 3 rings (SSSR count). The van der Waals surface area contributed by atoms with Gasteiger partial charge in [-0.15, -0.1) is 0 Å². The van der Waals surface area contributed by atoms with Gasteiger partial charge in [0, 0.05) is 44.3 Å². The number of hydrogen-bond donors (Lipinski definition) is 1. The van der Waals surface area contributed by atoms with Crippen molar-refractivity contribution in [3.05, 3.63) is 51.2 Å². The third kappa shape index (κ3) is 6.99. The van der Waals surface area contributed by atoms with Gasteiger partial charge >= 0.3 is 5.69 Å². The molecule has 2 atom stereocenters. The number of ether oxygens (including phenoxy) is 2. The minimum atomic E-state index is -0.698. The van der Waals surface area contributed by atoms with Crippen LogP contribution in [0.2, 0.25) is 0 Å². The summed E-state index contributed by atoms with van der Waals surface area (Å²) < 4.78 is 15.3. The van der Waals surface area contributed by atoms with Gasteiger partial charge in [-0.1, -0.05) is 13.8 Å². The van der Waals surface area contributed by atoms with Crippen molar-refractivity contribution >= 4 is 5.82 Å². The van der Waals surface area contributed by atoms with Gasteiger partial charge in [0.05, 0.1) is 0 Å². The molecule has 2 aromatic rings. The Kier molecular flexibility index (Phi) is 9.36. The summed E-state index contributed by atoms with van der Waals surface area (Å²) in [6.45, 7) is 20.0. The first-order chi connectivity index (χ1) is 17.7. The van der Waals surface area contributed by atoms with Crippen LogP contribution in [-0.4, -0.2) is 63.3 Å². The molecule has 2 heterocycles. The normalized spacial score (nSPS) is 16.8. The molecule has 1 aliphatic rings. The van der Waals surface area contributed by atoms with Gasteiger partial charge in [-0.25, -0.2) is 4.79 Å². The number of aliphatic hydroxyl groups is 1. The molecule has 2 unspecified atom stereocenters. The second-order valence-corrected chi connectivity index (χ2v) is 12.0. The number of aliphatic hydroxyl groups excluding tert-OH is 1. The molecular weight excluding hydrogens is 484 g/mol. The predicted octanol–water partition coefficient (Wildman–Crippen LogP) is 3.89. The molecule has 9 heteroatoms. The topological polar surface area (TPSA) is 89.2 Å².